The Bertz CT molecular complexity index is 163. The minimum absolute atomic E-state index is 0.229. The highest BCUT2D eigenvalue weighted by Crippen LogP contribution is 1.82. The maximum atomic E-state index is 10.3. The van der Waals surface area contributed by atoms with Crippen LogP contribution in [0, 0.1) is 0 Å². The number of primary amides is 1. The first-order chi connectivity index (χ1) is 6.77. The van der Waals surface area contributed by atoms with Gasteiger partial charge in [0.05, 0.1) is 26.4 Å². The van der Waals surface area contributed by atoms with Gasteiger partial charge in [0.15, 0.2) is 0 Å². The maximum absolute atomic E-state index is 10.3. The maximum Gasteiger partial charge on any atom is 0.219 e. The van der Waals surface area contributed by atoms with Crippen molar-refractivity contribution in [1.29, 1.82) is 0 Å². The number of nitrogens with two attached hydrogens (primary N) is 1. The van der Waals surface area contributed by atoms with Gasteiger partial charge in [0.1, 0.15) is 0 Å². The average molecular weight is 204 g/mol. The predicted molar refractivity (Wildman–Crippen MR) is 49.5 cm³/mol. The summed E-state index contributed by atoms with van der Waals surface area (Å²) in [7, 11) is 0. The summed E-state index contributed by atoms with van der Waals surface area (Å²) in [5.41, 5.74) is 4.90. The van der Waals surface area contributed by atoms with E-state index in [9.17, 15) is 9.59 Å². The van der Waals surface area contributed by atoms with Crippen molar-refractivity contribution in [1.82, 2.24) is 5.32 Å². The summed E-state index contributed by atoms with van der Waals surface area (Å²) < 4.78 is 10.1. The number of ether oxygens (including phenoxy) is 2. The highest BCUT2D eigenvalue weighted by Gasteiger charge is 1.93. The lowest BCUT2D eigenvalue weighted by molar-refractivity contribution is -0.119. The Morgan fingerprint density at radius 3 is 2.43 bits per heavy atom. The van der Waals surface area contributed by atoms with Crippen molar-refractivity contribution in [3.63, 3.8) is 0 Å². The zero-order valence-electron chi connectivity index (χ0n) is 8.03. The third kappa shape index (κ3) is 10.9. The number of hydrogen-bond acceptors (Lipinski definition) is 4. The highest BCUT2D eigenvalue weighted by molar-refractivity contribution is 5.73. The first kappa shape index (κ1) is 12.9. The zero-order valence-corrected chi connectivity index (χ0v) is 8.03. The SMILES string of the molecule is NC(=O)CCOCCOCCNC=O. The fourth-order valence-corrected chi connectivity index (χ4v) is 0.685. The molecular formula is C8H16N2O4. The van der Waals surface area contributed by atoms with E-state index >= 15 is 0 Å². The molecule has 0 saturated heterocycles. The van der Waals surface area contributed by atoms with Crippen molar-refractivity contribution in [2.75, 3.05) is 33.0 Å². The Morgan fingerprint density at radius 1 is 1.21 bits per heavy atom. The van der Waals surface area contributed by atoms with E-state index in [2.05, 4.69) is 5.32 Å². The third-order valence-electron chi connectivity index (χ3n) is 1.34. The molecule has 3 N–H and O–H groups in total. The topological polar surface area (TPSA) is 90.7 Å². The molecule has 0 radical (unpaired) electrons. The molecule has 0 spiro atoms. The molecule has 0 unspecified atom stereocenters. The van der Waals surface area contributed by atoms with Crippen LogP contribution in [0.15, 0.2) is 0 Å². The van der Waals surface area contributed by atoms with Gasteiger partial charge in [0.25, 0.3) is 0 Å². The largest absolute Gasteiger partial charge is 0.379 e. The lowest BCUT2D eigenvalue weighted by Crippen LogP contribution is -2.19. The molecule has 0 saturated carbocycles. The average Bonchev–Trinajstić information content (AvgIpc) is 2.15. The molecule has 0 atom stereocenters. The van der Waals surface area contributed by atoms with E-state index in [1.807, 2.05) is 0 Å². The summed E-state index contributed by atoms with van der Waals surface area (Å²) in [5, 5.41) is 2.46. The Labute approximate surface area is 82.7 Å². The minimum atomic E-state index is -0.374. The second-order valence-corrected chi connectivity index (χ2v) is 2.51. The second kappa shape index (κ2) is 9.94. The summed E-state index contributed by atoms with van der Waals surface area (Å²) in [4.78, 5) is 20.1. The number of nitrogens with one attached hydrogen (secondary N) is 1. The normalized spacial score (nSPS) is 9.71. The standard InChI is InChI=1S/C8H16N2O4/c9-8(12)1-3-13-5-6-14-4-2-10-7-11/h7H,1-6H2,(H2,9,12)(H,10,11). The molecule has 14 heavy (non-hydrogen) atoms. The lowest BCUT2D eigenvalue weighted by Gasteiger charge is -2.04. The van der Waals surface area contributed by atoms with Crippen molar-refractivity contribution < 1.29 is 19.1 Å². The lowest BCUT2D eigenvalue weighted by atomic mass is 10.4. The molecule has 0 aromatic heterocycles. The molecule has 6 heteroatoms. The molecule has 0 bridgehead atoms. The molecule has 0 aromatic rings. The molecule has 2 amide bonds. The monoisotopic (exact) mass is 204 g/mol. The van der Waals surface area contributed by atoms with Gasteiger partial charge < -0.3 is 20.5 Å². The molecular weight excluding hydrogens is 188 g/mol. The fourth-order valence-electron chi connectivity index (χ4n) is 0.685. The van der Waals surface area contributed by atoms with Crippen LogP contribution in [0.4, 0.5) is 0 Å². The van der Waals surface area contributed by atoms with Crippen LogP contribution in [-0.2, 0) is 19.1 Å². The van der Waals surface area contributed by atoms with Crippen LogP contribution < -0.4 is 11.1 Å². The fraction of sp³-hybridized carbons (Fsp3) is 0.750. The molecule has 0 heterocycles. The molecule has 82 valence electrons. The van der Waals surface area contributed by atoms with Crippen LogP contribution in [0.25, 0.3) is 0 Å². The molecule has 0 fully saturated rings. The van der Waals surface area contributed by atoms with E-state index in [4.69, 9.17) is 15.2 Å². The number of carbonyl (C=O) groups is 2. The first-order valence-electron chi connectivity index (χ1n) is 4.38. The first-order valence-corrected chi connectivity index (χ1v) is 4.38. The number of carbonyl (C=O) groups excluding carboxylic acids is 2. The highest BCUT2D eigenvalue weighted by atomic mass is 16.5. The number of hydrogen-bond donors (Lipinski definition) is 2. The summed E-state index contributed by atoms with van der Waals surface area (Å²) >= 11 is 0. The van der Waals surface area contributed by atoms with Gasteiger partial charge in [-0.3, -0.25) is 9.59 Å². The number of amides is 2. The van der Waals surface area contributed by atoms with E-state index in [0.717, 1.165) is 0 Å². The van der Waals surface area contributed by atoms with Crippen LogP contribution >= 0.6 is 0 Å². The van der Waals surface area contributed by atoms with Crippen molar-refractivity contribution in [2.24, 2.45) is 5.73 Å². The number of rotatable bonds is 10. The van der Waals surface area contributed by atoms with E-state index in [0.29, 0.717) is 39.4 Å². The van der Waals surface area contributed by atoms with Crippen molar-refractivity contribution >= 4 is 12.3 Å². The molecule has 6 nitrogen and oxygen atoms in total. The van der Waals surface area contributed by atoms with E-state index < -0.39 is 0 Å². The van der Waals surface area contributed by atoms with Crippen LogP contribution in [0.1, 0.15) is 6.42 Å². The minimum Gasteiger partial charge on any atom is -0.379 e. The van der Waals surface area contributed by atoms with Crippen molar-refractivity contribution in [2.45, 2.75) is 6.42 Å². The third-order valence-corrected chi connectivity index (χ3v) is 1.34. The van der Waals surface area contributed by atoms with Gasteiger partial charge in [-0.15, -0.1) is 0 Å². The Morgan fingerprint density at radius 2 is 1.86 bits per heavy atom. The molecule has 0 aliphatic carbocycles. The Kier molecular flexibility index (Phi) is 9.13. The Hall–Kier alpha value is -1.14. The van der Waals surface area contributed by atoms with E-state index in [1.165, 1.54) is 0 Å². The van der Waals surface area contributed by atoms with Gasteiger partial charge in [0.2, 0.25) is 12.3 Å². The van der Waals surface area contributed by atoms with Gasteiger partial charge in [-0.25, -0.2) is 0 Å². The van der Waals surface area contributed by atoms with Crippen molar-refractivity contribution in [3.05, 3.63) is 0 Å². The zero-order chi connectivity index (χ0) is 10.6. The second-order valence-electron chi connectivity index (χ2n) is 2.51. The van der Waals surface area contributed by atoms with Gasteiger partial charge in [-0.2, -0.15) is 0 Å². The van der Waals surface area contributed by atoms with Gasteiger partial charge >= 0.3 is 0 Å². The predicted octanol–water partition coefficient (Wildman–Crippen LogP) is -1.36. The van der Waals surface area contributed by atoms with Crippen LogP contribution in [0.2, 0.25) is 0 Å². The summed E-state index contributed by atoms with van der Waals surface area (Å²) in [5.74, 6) is -0.374. The van der Waals surface area contributed by atoms with E-state index in [-0.39, 0.29) is 12.3 Å². The van der Waals surface area contributed by atoms with Crippen molar-refractivity contribution in [3.8, 4) is 0 Å². The molecule has 0 rings (SSSR count). The smallest absolute Gasteiger partial charge is 0.219 e. The summed E-state index contributed by atoms with van der Waals surface area (Å²) in [6, 6.07) is 0. The molecule has 0 aliphatic heterocycles. The Balaban J connectivity index is 2.92. The van der Waals surface area contributed by atoms with Gasteiger partial charge in [-0.05, 0) is 0 Å². The molecule has 0 aromatic carbocycles. The van der Waals surface area contributed by atoms with Gasteiger partial charge in [-0.1, -0.05) is 0 Å². The van der Waals surface area contributed by atoms with Crippen LogP contribution in [-0.4, -0.2) is 45.3 Å². The quantitative estimate of drug-likeness (QED) is 0.340. The van der Waals surface area contributed by atoms with E-state index in [1.54, 1.807) is 0 Å². The van der Waals surface area contributed by atoms with Crippen LogP contribution in [0.3, 0.4) is 0 Å². The van der Waals surface area contributed by atoms with Crippen LogP contribution in [0.5, 0.6) is 0 Å². The molecule has 0 aliphatic rings. The summed E-state index contributed by atoms with van der Waals surface area (Å²) in [6.45, 7) is 2.14. The summed E-state index contributed by atoms with van der Waals surface area (Å²) in [6.07, 6.45) is 0.847. The van der Waals surface area contributed by atoms with Gasteiger partial charge in [0, 0.05) is 13.0 Å².